The van der Waals surface area contributed by atoms with Crippen molar-refractivity contribution in [1.82, 2.24) is 4.90 Å². The van der Waals surface area contributed by atoms with Gasteiger partial charge in [0.2, 0.25) is 0 Å². The van der Waals surface area contributed by atoms with E-state index in [-0.39, 0.29) is 24.7 Å². The van der Waals surface area contributed by atoms with Crippen LogP contribution < -0.4 is 4.74 Å². The molecule has 1 atom stereocenters. The predicted octanol–water partition coefficient (Wildman–Crippen LogP) is 4.49. The van der Waals surface area contributed by atoms with Gasteiger partial charge in [-0.1, -0.05) is 12.1 Å². The van der Waals surface area contributed by atoms with Gasteiger partial charge in [-0.05, 0) is 25.0 Å². The van der Waals surface area contributed by atoms with E-state index in [4.69, 9.17) is 4.74 Å². The molecule has 1 aromatic rings. The molecule has 28 heavy (non-hydrogen) atoms. The molecule has 3 aliphatic heterocycles. The number of hydrogen-bond acceptors (Lipinski definition) is 4. The molecule has 150 valence electrons. The monoisotopic (exact) mass is 404 g/mol. The number of amidine groups is 1. The van der Waals surface area contributed by atoms with Crippen LogP contribution in [0.2, 0.25) is 0 Å². The minimum atomic E-state index is -4.76. The Morgan fingerprint density at radius 1 is 1.25 bits per heavy atom. The molecule has 0 aromatic heterocycles. The molecule has 0 saturated carbocycles. The summed E-state index contributed by atoms with van der Waals surface area (Å²) >= 11 is 0. The van der Waals surface area contributed by atoms with Crippen molar-refractivity contribution in [3.63, 3.8) is 0 Å². The molecule has 0 saturated heterocycles. The summed E-state index contributed by atoms with van der Waals surface area (Å²) in [6, 6.07) is 4.24. The summed E-state index contributed by atoms with van der Waals surface area (Å²) < 4.78 is 89.2. The largest absolute Gasteiger partial charge is 0.490 e. The Hall–Kier alpha value is -2.65. The van der Waals surface area contributed by atoms with E-state index >= 15 is 0 Å². The Balaban J connectivity index is 1.83. The van der Waals surface area contributed by atoms with Gasteiger partial charge in [-0.25, -0.2) is 4.39 Å². The highest BCUT2D eigenvalue weighted by atomic mass is 19.4. The molecular formula is C18H14F6N2O2. The number of nitrogens with zero attached hydrogens (tertiary/aromatic N) is 2. The predicted molar refractivity (Wildman–Crippen MR) is 86.3 cm³/mol. The van der Waals surface area contributed by atoms with Gasteiger partial charge in [0.05, 0.1) is 18.7 Å². The molecule has 3 aliphatic rings. The van der Waals surface area contributed by atoms with E-state index in [1.54, 1.807) is 6.07 Å². The molecule has 1 spiro atoms. The average Bonchev–Trinajstić information content (AvgIpc) is 2.88. The fraction of sp³-hybridized carbons (Fsp3) is 0.389. The maximum Gasteiger partial charge on any atom is 0.417 e. The van der Waals surface area contributed by atoms with Gasteiger partial charge < -0.3 is 14.4 Å². The zero-order chi connectivity index (χ0) is 20.1. The number of alkyl halides is 5. The third kappa shape index (κ3) is 3.10. The van der Waals surface area contributed by atoms with Crippen LogP contribution in [0.15, 0.2) is 46.8 Å². The maximum absolute atomic E-state index is 14.2. The standard InChI is InChI=1S/C18H14F6N2O2/c19-12-4-1-3-11-14(12)27-6-2-5-17(11)9-26-8-10(18(22,23)24)7-13(15(26)25-17)28-16(20)21/h1,3-4,7-8,16H,2,5-6,9H2/t17-/m0/s1. The van der Waals surface area contributed by atoms with E-state index < -0.39 is 35.5 Å². The van der Waals surface area contributed by atoms with E-state index in [2.05, 4.69) is 9.73 Å². The number of rotatable bonds is 2. The van der Waals surface area contributed by atoms with E-state index in [1.807, 2.05) is 0 Å². The zero-order valence-electron chi connectivity index (χ0n) is 14.3. The summed E-state index contributed by atoms with van der Waals surface area (Å²) in [6.07, 6.45) is -2.64. The molecule has 0 N–H and O–H groups in total. The summed E-state index contributed by atoms with van der Waals surface area (Å²) in [4.78, 5) is 5.58. The van der Waals surface area contributed by atoms with E-state index in [0.717, 1.165) is 11.1 Å². The number of benzene rings is 1. The van der Waals surface area contributed by atoms with Gasteiger partial charge in [-0.2, -0.15) is 22.0 Å². The first-order valence-corrected chi connectivity index (χ1v) is 8.44. The molecule has 0 amide bonds. The lowest BCUT2D eigenvalue weighted by molar-refractivity contribution is -0.0981. The van der Waals surface area contributed by atoms with Crippen molar-refractivity contribution in [1.29, 1.82) is 0 Å². The lowest BCUT2D eigenvalue weighted by Crippen LogP contribution is -2.35. The minimum Gasteiger partial charge on any atom is -0.490 e. The molecule has 0 unspecified atom stereocenters. The first kappa shape index (κ1) is 18.7. The van der Waals surface area contributed by atoms with Crippen molar-refractivity contribution in [3.8, 4) is 5.75 Å². The van der Waals surface area contributed by atoms with Crippen LogP contribution in [0.5, 0.6) is 5.75 Å². The lowest BCUT2D eigenvalue weighted by atomic mass is 9.86. The second-order valence-corrected chi connectivity index (χ2v) is 6.63. The van der Waals surface area contributed by atoms with Crippen LogP contribution in [-0.2, 0) is 10.3 Å². The first-order valence-electron chi connectivity index (χ1n) is 8.44. The van der Waals surface area contributed by atoms with Crippen LogP contribution in [0.1, 0.15) is 18.4 Å². The third-order valence-corrected chi connectivity index (χ3v) is 4.82. The van der Waals surface area contributed by atoms with Crippen LogP contribution in [0, 0.1) is 5.82 Å². The number of para-hydroxylation sites is 1. The smallest absolute Gasteiger partial charge is 0.417 e. The number of fused-ring (bicyclic) bond motifs is 3. The summed E-state index contributed by atoms with van der Waals surface area (Å²) in [5.41, 5.74) is -1.90. The molecule has 0 bridgehead atoms. The van der Waals surface area contributed by atoms with Gasteiger partial charge >= 0.3 is 12.8 Å². The van der Waals surface area contributed by atoms with Crippen molar-refractivity contribution < 1.29 is 35.8 Å². The highest BCUT2D eigenvalue weighted by molar-refractivity contribution is 6.00. The molecule has 1 aromatic carbocycles. The molecule has 0 radical (unpaired) electrons. The Morgan fingerprint density at radius 3 is 2.75 bits per heavy atom. The highest BCUT2D eigenvalue weighted by Gasteiger charge is 2.48. The highest BCUT2D eigenvalue weighted by Crippen LogP contribution is 2.46. The maximum atomic E-state index is 14.2. The Bertz CT molecular complexity index is 893. The van der Waals surface area contributed by atoms with Crippen molar-refractivity contribution in [2.24, 2.45) is 4.99 Å². The fourth-order valence-corrected chi connectivity index (χ4v) is 3.69. The SMILES string of the molecule is Fc1cccc2c1OCCC[C@]21CN2C=C(C(F)(F)F)C=C(OC(F)F)C2=N1. The van der Waals surface area contributed by atoms with Crippen molar-refractivity contribution in [3.05, 3.63) is 53.2 Å². The molecule has 3 heterocycles. The molecule has 10 heteroatoms. The van der Waals surface area contributed by atoms with E-state index in [9.17, 15) is 26.3 Å². The Morgan fingerprint density at radius 2 is 2.04 bits per heavy atom. The van der Waals surface area contributed by atoms with E-state index in [0.29, 0.717) is 24.5 Å². The van der Waals surface area contributed by atoms with Crippen molar-refractivity contribution in [2.75, 3.05) is 13.2 Å². The summed E-state index contributed by atoms with van der Waals surface area (Å²) in [5.74, 6) is -1.46. The van der Waals surface area contributed by atoms with Gasteiger partial charge in [0, 0.05) is 11.8 Å². The number of hydrogen-bond donors (Lipinski definition) is 0. The van der Waals surface area contributed by atoms with Gasteiger partial charge in [0.25, 0.3) is 0 Å². The number of allylic oxidation sites excluding steroid dienone is 2. The quantitative estimate of drug-likeness (QED) is 0.682. The number of aliphatic imine (C=N–C) groups is 1. The van der Waals surface area contributed by atoms with E-state index in [1.165, 1.54) is 12.1 Å². The number of ether oxygens (including phenoxy) is 2. The van der Waals surface area contributed by atoms with Crippen LogP contribution >= 0.6 is 0 Å². The normalized spacial score (nSPS) is 24.1. The molecule has 4 nitrogen and oxygen atoms in total. The second kappa shape index (κ2) is 6.46. The van der Waals surface area contributed by atoms with Gasteiger partial charge in [-0.15, -0.1) is 0 Å². The van der Waals surface area contributed by atoms with Crippen molar-refractivity contribution >= 4 is 5.84 Å². The molecule has 4 rings (SSSR count). The van der Waals surface area contributed by atoms with Crippen molar-refractivity contribution in [2.45, 2.75) is 31.2 Å². The third-order valence-electron chi connectivity index (χ3n) is 4.82. The van der Waals surface area contributed by atoms with Gasteiger partial charge in [-0.3, -0.25) is 4.99 Å². The molecule has 0 fully saturated rings. The van der Waals surface area contributed by atoms with Gasteiger partial charge in [0.1, 0.15) is 5.54 Å². The fourth-order valence-electron chi connectivity index (χ4n) is 3.69. The second-order valence-electron chi connectivity index (χ2n) is 6.63. The first-order chi connectivity index (χ1) is 13.2. The molecular weight excluding hydrogens is 390 g/mol. The Kier molecular flexibility index (Phi) is 4.31. The molecule has 0 aliphatic carbocycles. The summed E-state index contributed by atoms with van der Waals surface area (Å²) in [5, 5.41) is 0. The van der Waals surface area contributed by atoms with Crippen LogP contribution in [-0.4, -0.2) is 36.7 Å². The minimum absolute atomic E-state index is 0.0236. The van der Waals surface area contributed by atoms with Crippen LogP contribution in [0.4, 0.5) is 26.3 Å². The average molecular weight is 404 g/mol. The lowest BCUT2D eigenvalue weighted by Gasteiger charge is -2.28. The van der Waals surface area contributed by atoms with Crippen LogP contribution in [0.25, 0.3) is 0 Å². The van der Waals surface area contributed by atoms with Crippen LogP contribution in [0.3, 0.4) is 0 Å². The topological polar surface area (TPSA) is 34.1 Å². The van der Waals surface area contributed by atoms with Gasteiger partial charge in [0.15, 0.2) is 23.2 Å². The summed E-state index contributed by atoms with van der Waals surface area (Å²) in [6.45, 7) is -3.19. The Labute approximate surface area is 155 Å². The number of halogens is 6. The zero-order valence-corrected chi connectivity index (χ0v) is 14.3. The summed E-state index contributed by atoms with van der Waals surface area (Å²) in [7, 11) is 0.